The highest BCUT2D eigenvalue weighted by molar-refractivity contribution is 9.10. The molecule has 18 heavy (non-hydrogen) atoms. The summed E-state index contributed by atoms with van der Waals surface area (Å²) in [4.78, 5) is 11.6. The Kier molecular flexibility index (Phi) is 3.34. The highest BCUT2D eigenvalue weighted by Crippen LogP contribution is 2.25. The van der Waals surface area contributed by atoms with Gasteiger partial charge in [0.05, 0.1) is 21.5 Å². The number of ketones is 1. The van der Waals surface area contributed by atoms with Gasteiger partial charge in [0.1, 0.15) is 5.82 Å². The second kappa shape index (κ2) is 4.65. The van der Waals surface area contributed by atoms with Gasteiger partial charge in [-0.05, 0) is 54.9 Å². The van der Waals surface area contributed by atoms with Gasteiger partial charge in [-0.1, -0.05) is 0 Å². The molecule has 2 rings (SSSR count). The zero-order chi connectivity index (χ0) is 13.4. The maximum absolute atomic E-state index is 13.2. The van der Waals surface area contributed by atoms with Crippen LogP contribution in [0, 0.1) is 19.7 Å². The van der Waals surface area contributed by atoms with Crippen molar-refractivity contribution in [3.8, 4) is 5.69 Å². The number of rotatable bonds is 2. The topological polar surface area (TPSA) is 34.9 Å². The van der Waals surface area contributed by atoms with Gasteiger partial charge >= 0.3 is 0 Å². The van der Waals surface area contributed by atoms with E-state index in [0.29, 0.717) is 11.3 Å². The number of aromatic nitrogens is 2. The Labute approximate surface area is 113 Å². The Bertz CT molecular complexity index is 634. The first kappa shape index (κ1) is 13.0. The molecule has 0 aliphatic carbocycles. The maximum atomic E-state index is 13.2. The Morgan fingerprint density at radius 1 is 1.39 bits per heavy atom. The Hall–Kier alpha value is -1.49. The molecule has 0 N–H and O–H groups in total. The molecular formula is C13H12BrFN2O. The second-order valence-corrected chi connectivity index (χ2v) is 4.91. The van der Waals surface area contributed by atoms with Crippen molar-refractivity contribution in [2.45, 2.75) is 20.8 Å². The maximum Gasteiger partial charge on any atom is 0.162 e. The van der Waals surface area contributed by atoms with E-state index in [9.17, 15) is 9.18 Å². The molecule has 0 fully saturated rings. The third-order valence-electron chi connectivity index (χ3n) is 2.77. The van der Waals surface area contributed by atoms with Crippen LogP contribution in [0.2, 0.25) is 0 Å². The van der Waals surface area contributed by atoms with Gasteiger partial charge in [-0.3, -0.25) is 4.79 Å². The molecule has 0 amide bonds. The lowest BCUT2D eigenvalue weighted by Gasteiger charge is -2.09. The van der Waals surface area contributed by atoms with Crippen LogP contribution in [0.5, 0.6) is 0 Å². The van der Waals surface area contributed by atoms with Crippen molar-refractivity contribution in [3.05, 3.63) is 45.4 Å². The van der Waals surface area contributed by atoms with Crippen LogP contribution in [0.25, 0.3) is 5.69 Å². The minimum atomic E-state index is -0.426. The monoisotopic (exact) mass is 310 g/mol. The summed E-state index contributed by atoms with van der Waals surface area (Å²) in [6.07, 6.45) is 0. The molecule has 1 heterocycles. The first-order valence-electron chi connectivity index (χ1n) is 5.44. The first-order valence-corrected chi connectivity index (χ1v) is 6.23. The van der Waals surface area contributed by atoms with Crippen molar-refractivity contribution < 1.29 is 9.18 Å². The molecule has 0 radical (unpaired) electrons. The Balaban J connectivity index is 2.71. The molecule has 1 aromatic carbocycles. The molecule has 1 aromatic heterocycles. The van der Waals surface area contributed by atoms with Crippen LogP contribution in [0.1, 0.15) is 28.7 Å². The van der Waals surface area contributed by atoms with Crippen LogP contribution in [-0.2, 0) is 0 Å². The third kappa shape index (κ3) is 2.10. The molecule has 0 bridgehead atoms. The van der Waals surface area contributed by atoms with Crippen molar-refractivity contribution in [2.24, 2.45) is 0 Å². The van der Waals surface area contributed by atoms with Crippen molar-refractivity contribution >= 4 is 21.7 Å². The van der Waals surface area contributed by atoms with E-state index in [1.807, 2.05) is 13.8 Å². The average molecular weight is 311 g/mol. The molecular weight excluding hydrogens is 299 g/mol. The van der Waals surface area contributed by atoms with Gasteiger partial charge in [0.2, 0.25) is 0 Å². The first-order chi connectivity index (χ1) is 8.41. The number of nitrogens with zero attached hydrogens (tertiary/aromatic N) is 2. The predicted octanol–water partition coefficient (Wildman–Crippen LogP) is 3.59. The number of hydrogen-bond acceptors (Lipinski definition) is 2. The summed E-state index contributed by atoms with van der Waals surface area (Å²) < 4.78 is 15.8. The molecule has 3 nitrogen and oxygen atoms in total. The van der Waals surface area contributed by atoms with Gasteiger partial charge in [0.15, 0.2) is 5.78 Å². The molecule has 0 saturated heterocycles. The summed E-state index contributed by atoms with van der Waals surface area (Å²) >= 11 is 3.43. The second-order valence-electron chi connectivity index (χ2n) is 4.11. The van der Waals surface area contributed by atoms with Gasteiger partial charge < -0.3 is 0 Å². The van der Waals surface area contributed by atoms with E-state index in [-0.39, 0.29) is 5.78 Å². The zero-order valence-corrected chi connectivity index (χ0v) is 11.9. The zero-order valence-electron chi connectivity index (χ0n) is 10.3. The highest BCUT2D eigenvalue weighted by Gasteiger charge is 2.15. The number of halogens is 2. The largest absolute Gasteiger partial charge is 0.294 e. The molecule has 0 saturated carbocycles. The van der Waals surface area contributed by atoms with Crippen molar-refractivity contribution in [2.75, 3.05) is 0 Å². The normalized spacial score (nSPS) is 10.7. The fraction of sp³-hybridized carbons (Fsp3) is 0.231. The van der Waals surface area contributed by atoms with Crippen LogP contribution in [0.15, 0.2) is 22.7 Å². The summed E-state index contributed by atoms with van der Waals surface area (Å²) in [6, 6.07) is 4.13. The third-order valence-corrected chi connectivity index (χ3v) is 3.92. The van der Waals surface area contributed by atoms with Gasteiger partial charge in [-0.2, -0.15) is 5.10 Å². The quantitative estimate of drug-likeness (QED) is 0.794. The molecule has 0 atom stereocenters. The van der Waals surface area contributed by atoms with E-state index in [0.717, 1.165) is 15.9 Å². The lowest BCUT2D eigenvalue weighted by molar-refractivity contribution is 0.101. The molecule has 0 aliphatic heterocycles. The van der Waals surface area contributed by atoms with Crippen LogP contribution < -0.4 is 0 Å². The van der Waals surface area contributed by atoms with E-state index in [2.05, 4.69) is 21.0 Å². The smallest absolute Gasteiger partial charge is 0.162 e. The van der Waals surface area contributed by atoms with Crippen LogP contribution in [-0.4, -0.2) is 15.6 Å². The van der Waals surface area contributed by atoms with E-state index >= 15 is 0 Å². The lowest BCUT2D eigenvalue weighted by Crippen LogP contribution is -2.07. The molecule has 2 aromatic rings. The predicted molar refractivity (Wildman–Crippen MR) is 70.7 cm³/mol. The molecule has 0 spiro atoms. The summed E-state index contributed by atoms with van der Waals surface area (Å²) in [5, 5.41) is 4.35. The summed E-state index contributed by atoms with van der Waals surface area (Å²) in [6.45, 7) is 5.17. The standard InChI is InChI=1S/C13H12BrFN2O/c1-7-13(14)8(2)17(16-7)12-5-4-10(15)6-11(12)9(3)18/h4-6H,1-3H3. The van der Waals surface area contributed by atoms with Gasteiger partial charge in [0, 0.05) is 5.56 Å². The highest BCUT2D eigenvalue weighted by atomic mass is 79.9. The minimum absolute atomic E-state index is 0.187. The minimum Gasteiger partial charge on any atom is -0.294 e. The van der Waals surface area contributed by atoms with Crippen molar-refractivity contribution in [1.82, 2.24) is 9.78 Å². The van der Waals surface area contributed by atoms with Crippen LogP contribution in [0.4, 0.5) is 4.39 Å². The van der Waals surface area contributed by atoms with Gasteiger partial charge in [-0.25, -0.2) is 9.07 Å². The Morgan fingerprint density at radius 2 is 2.06 bits per heavy atom. The van der Waals surface area contributed by atoms with Crippen molar-refractivity contribution in [1.29, 1.82) is 0 Å². The lowest BCUT2D eigenvalue weighted by atomic mass is 10.1. The van der Waals surface area contributed by atoms with E-state index < -0.39 is 5.82 Å². The number of benzene rings is 1. The molecule has 0 aliphatic rings. The summed E-state index contributed by atoms with van der Waals surface area (Å²) in [7, 11) is 0. The van der Waals surface area contributed by atoms with Crippen LogP contribution in [0.3, 0.4) is 0 Å². The number of Topliss-reactive ketones (excluding diaryl/α,β-unsaturated/α-hetero) is 1. The number of aryl methyl sites for hydroxylation is 1. The van der Waals surface area contributed by atoms with E-state index in [1.165, 1.54) is 19.1 Å². The molecule has 0 unspecified atom stereocenters. The van der Waals surface area contributed by atoms with Crippen LogP contribution >= 0.6 is 15.9 Å². The fourth-order valence-corrected chi connectivity index (χ4v) is 2.08. The molecule has 94 valence electrons. The van der Waals surface area contributed by atoms with Gasteiger partial charge in [0.25, 0.3) is 0 Å². The average Bonchev–Trinajstić information content (AvgIpc) is 2.57. The van der Waals surface area contributed by atoms with Crippen molar-refractivity contribution in [3.63, 3.8) is 0 Å². The van der Waals surface area contributed by atoms with E-state index in [1.54, 1.807) is 10.7 Å². The van der Waals surface area contributed by atoms with Gasteiger partial charge in [-0.15, -0.1) is 0 Å². The number of carbonyl (C=O) groups is 1. The number of carbonyl (C=O) groups excluding carboxylic acids is 1. The number of hydrogen-bond donors (Lipinski definition) is 0. The summed E-state index contributed by atoms with van der Waals surface area (Å²) in [5.41, 5.74) is 2.62. The SMILES string of the molecule is CC(=O)c1cc(F)ccc1-n1nc(C)c(Br)c1C. The summed E-state index contributed by atoms with van der Waals surface area (Å²) in [5.74, 6) is -0.613. The van der Waals surface area contributed by atoms with E-state index in [4.69, 9.17) is 0 Å². The Morgan fingerprint density at radius 3 is 2.56 bits per heavy atom. The molecule has 5 heteroatoms. The fourth-order valence-electron chi connectivity index (χ4n) is 1.83.